The lowest BCUT2D eigenvalue weighted by atomic mass is 9.83. The average molecular weight is 172 g/mol. The molecule has 0 spiro atoms. The van der Waals surface area contributed by atoms with Crippen molar-refractivity contribution in [3.63, 3.8) is 0 Å². The van der Waals surface area contributed by atoms with E-state index in [1.165, 1.54) is 19.3 Å². The molecule has 72 valence electrons. The SMILES string of the molecule is CC1(C)CCCC(C)(C)N1.N=O. The number of piperidine rings is 1. The molecule has 0 aromatic rings. The van der Waals surface area contributed by atoms with E-state index in [0.29, 0.717) is 11.1 Å². The third-order valence-electron chi connectivity index (χ3n) is 2.28. The summed E-state index contributed by atoms with van der Waals surface area (Å²) in [6.07, 6.45) is 4.00. The van der Waals surface area contributed by atoms with Crippen molar-refractivity contribution in [2.45, 2.75) is 58.0 Å². The molecule has 0 radical (unpaired) electrons. The van der Waals surface area contributed by atoms with Crippen molar-refractivity contribution in [1.29, 1.82) is 5.59 Å². The van der Waals surface area contributed by atoms with Gasteiger partial charge in [0.15, 0.2) is 0 Å². The summed E-state index contributed by atoms with van der Waals surface area (Å²) in [5.74, 6) is 0. The molecule has 1 heterocycles. The fraction of sp³-hybridized carbons (Fsp3) is 1.00. The Bertz CT molecular complexity index is 129. The summed E-state index contributed by atoms with van der Waals surface area (Å²) in [6, 6.07) is 0. The first-order valence-electron chi connectivity index (χ1n) is 4.41. The van der Waals surface area contributed by atoms with Crippen LogP contribution in [0.25, 0.3) is 0 Å². The van der Waals surface area contributed by atoms with Crippen LogP contribution < -0.4 is 5.32 Å². The van der Waals surface area contributed by atoms with Gasteiger partial charge in [0.25, 0.3) is 0 Å². The highest BCUT2D eigenvalue weighted by Crippen LogP contribution is 2.27. The van der Waals surface area contributed by atoms with E-state index in [0.717, 1.165) is 0 Å². The largest absolute Gasteiger partial charge is 0.307 e. The zero-order chi connectivity index (χ0) is 9.83. The Labute approximate surface area is 74.7 Å². The number of nitroso groups, excluding NO2 is 1. The van der Waals surface area contributed by atoms with Gasteiger partial charge >= 0.3 is 0 Å². The molecule has 1 aliphatic rings. The average Bonchev–Trinajstić information content (AvgIpc) is 1.86. The summed E-state index contributed by atoms with van der Waals surface area (Å²) in [6.45, 7) is 9.14. The van der Waals surface area contributed by atoms with Crippen molar-refractivity contribution < 1.29 is 0 Å². The number of hydrogen-bond donors (Lipinski definition) is 2. The maximum Gasteiger partial charge on any atom is 0.0130 e. The van der Waals surface area contributed by atoms with Gasteiger partial charge in [-0.2, -0.15) is 4.91 Å². The maximum atomic E-state index is 7.50. The van der Waals surface area contributed by atoms with E-state index < -0.39 is 0 Å². The summed E-state index contributed by atoms with van der Waals surface area (Å²) in [4.78, 5) is 7.50. The maximum absolute atomic E-state index is 7.50. The van der Waals surface area contributed by atoms with Crippen molar-refractivity contribution in [3.05, 3.63) is 4.91 Å². The highest BCUT2D eigenvalue weighted by atomic mass is 16.2. The van der Waals surface area contributed by atoms with Crippen molar-refractivity contribution >= 4 is 0 Å². The van der Waals surface area contributed by atoms with Crippen LogP contribution in [-0.4, -0.2) is 11.1 Å². The van der Waals surface area contributed by atoms with Gasteiger partial charge in [-0.15, -0.1) is 0 Å². The Balaban J connectivity index is 0.000000561. The summed E-state index contributed by atoms with van der Waals surface area (Å²) >= 11 is 0. The van der Waals surface area contributed by atoms with Crippen LogP contribution in [0.4, 0.5) is 0 Å². The Morgan fingerprint density at radius 3 is 1.50 bits per heavy atom. The zero-order valence-electron chi connectivity index (χ0n) is 8.53. The minimum atomic E-state index is 0.363. The minimum absolute atomic E-state index is 0.363. The molecule has 12 heavy (non-hydrogen) atoms. The van der Waals surface area contributed by atoms with Crippen LogP contribution in [0.3, 0.4) is 0 Å². The Morgan fingerprint density at radius 1 is 1.00 bits per heavy atom. The fourth-order valence-corrected chi connectivity index (χ4v) is 2.01. The predicted molar refractivity (Wildman–Crippen MR) is 51.2 cm³/mol. The second kappa shape index (κ2) is 3.99. The molecule has 1 rings (SSSR count). The molecule has 0 saturated carbocycles. The first-order chi connectivity index (χ1) is 5.41. The van der Waals surface area contributed by atoms with Crippen molar-refractivity contribution in [2.24, 2.45) is 0 Å². The summed E-state index contributed by atoms with van der Waals surface area (Å²) in [5.41, 5.74) is 5.23. The van der Waals surface area contributed by atoms with Crippen LogP contribution in [0.1, 0.15) is 47.0 Å². The van der Waals surface area contributed by atoms with Crippen LogP contribution in [0.5, 0.6) is 0 Å². The zero-order valence-corrected chi connectivity index (χ0v) is 8.53. The second-order valence-corrected chi connectivity index (χ2v) is 4.75. The van der Waals surface area contributed by atoms with E-state index in [9.17, 15) is 0 Å². The van der Waals surface area contributed by atoms with E-state index in [2.05, 4.69) is 38.6 Å². The van der Waals surface area contributed by atoms with E-state index in [-0.39, 0.29) is 0 Å². The van der Waals surface area contributed by atoms with E-state index >= 15 is 0 Å². The van der Waals surface area contributed by atoms with Gasteiger partial charge in [-0.1, -0.05) is 5.59 Å². The van der Waals surface area contributed by atoms with E-state index in [1.807, 2.05) is 0 Å². The summed E-state index contributed by atoms with van der Waals surface area (Å²) in [7, 11) is 0. The fourth-order valence-electron chi connectivity index (χ4n) is 2.01. The van der Waals surface area contributed by atoms with Gasteiger partial charge in [-0.25, -0.2) is 0 Å². The molecule has 3 nitrogen and oxygen atoms in total. The molecule has 0 amide bonds. The first kappa shape index (κ1) is 11.6. The smallest absolute Gasteiger partial charge is 0.0130 e. The quantitative estimate of drug-likeness (QED) is 0.552. The first-order valence-corrected chi connectivity index (χ1v) is 4.41. The van der Waals surface area contributed by atoms with Crippen LogP contribution in [0, 0.1) is 10.5 Å². The second-order valence-electron chi connectivity index (χ2n) is 4.75. The number of hydrogen-bond acceptors (Lipinski definition) is 3. The molecule has 0 atom stereocenters. The van der Waals surface area contributed by atoms with Gasteiger partial charge in [0, 0.05) is 11.1 Å². The third-order valence-corrected chi connectivity index (χ3v) is 2.28. The van der Waals surface area contributed by atoms with Crippen LogP contribution in [-0.2, 0) is 0 Å². The number of nitrogens with one attached hydrogen (secondary N) is 2. The van der Waals surface area contributed by atoms with Gasteiger partial charge in [0.05, 0.1) is 0 Å². The van der Waals surface area contributed by atoms with Gasteiger partial charge in [-0.3, -0.25) is 0 Å². The lowest BCUT2D eigenvalue weighted by molar-refractivity contribution is 0.183. The Kier molecular flexibility index (Phi) is 3.84. The van der Waals surface area contributed by atoms with Crippen LogP contribution in [0.2, 0.25) is 0 Å². The molecule has 0 bridgehead atoms. The Morgan fingerprint density at radius 2 is 1.33 bits per heavy atom. The lowest BCUT2D eigenvalue weighted by Crippen LogP contribution is -2.55. The monoisotopic (exact) mass is 172 g/mol. The molecule has 0 aliphatic carbocycles. The number of rotatable bonds is 0. The molecule has 0 unspecified atom stereocenters. The molecule has 1 saturated heterocycles. The van der Waals surface area contributed by atoms with Crippen LogP contribution in [0.15, 0.2) is 0 Å². The Hall–Kier alpha value is -0.440. The van der Waals surface area contributed by atoms with Crippen LogP contribution >= 0.6 is 0 Å². The normalized spacial score (nSPS) is 25.3. The highest BCUT2D eigenvalue weighted by molar-refractivity contribution is 4.92. The van der Waals surface area contributed by atoms with E-state index in [4.69, 9.17) is 4.91 Å². The van der Waals surface area contributed by atoms with Crippen molar-refractivity contribution in [1.82, 2.24) is 5.32 Å². The molecule has 0 aromatic carbocycles. The van der Waals surface area contributed by atoms with Gasteiger partial charge < -0.3 is 5.32 Å². The third kappa shape index (κ3) is 3.81. The van der Waals surface area contributed by atoms with Gasteiger partial charge in [0.1, 0.15) is 0 Å². The molecular formula is C9H20N2O. The summed E-state index contributed by atoms with van der Waals surface area (Å²) < 4.78 is 0. The standard InChI is InChI=1S/C9H19N.HNO/c1-8(2)6-5-7-9(3,4)10-8;1-2/h10H,5-7H2,1-4H3;1H. The van der Waals surface area contributed by atoms with Gasteiger partial charge in [0.2, 0.25) is 0 Å². The predicted octanol–water partition coefficient (Wildman–Crippen LogP) is 2.65. The molecule has 2 N–H and O–H groups in total. The van der Waals surface area contributed by atoms with E-state index in [1.54, 1.807) is 0 Å². The molecule has 1 aliphatic heterocycles. The topological polar surface area (TPSA) is 53.0 Å². The molecule has 3 heteroatoms. The van der Waals surface area contributed by atoms with Crippen molar-refractivity contribution in [3.8, 4) is 0 Å². The van der Waals surface area contributed by atoms with Gasteiger partial charge in [-0.05, 0) is 47.0 Å². The summed E-state index contributed by atoms with van der Waals surface area (Å²) in [5, 5.41) is 3.63. The lowest BCUT2D eigenvalue weighted by Gasteiger charge is -2.42. The molecule has 1 fully saturated rings. The van der Waals surface area contributed by atoms with Crippen molar-refractivity contribution in [2.75, 3.05) is 0 Å². The molecular weight excluding hydrogens is 152 g/mol. The molecule has 0 aromatic heterocycles. The highest BCUT2D eigenvalue weighted by Gasteiger charge is 2.31. The minimum Gasteiger partial charge on any atom is -0.307 e.